The zero-order valence-corrected chi connectivity index (χ0v) is 11.4. The monoisotopic (exact) mass is 337 g/mol. The van der Waals surface area contributed by atoms with Crippen molar-refractivity contribution in [3.05, 3.63) is 20.9 Å². The molecule has 1 aromatic heterocycles. The number of rotatable bonds is 1. The van der Waals surface area contributed by atoms with E-state index in [1.807, 2.05) is 6.07 Å². The van der Waals surface area contributed by atoms with Gasteiger partial charge in [-0.2, -0.15) is 0 Å². The first kappa shape index (κ1) is 11.4. The second-order valence-corrected chi connectivity index (χ2v) is 5.27. The molecule has 5 heteroatoms. The lowest BCUT2D eigenvalue weighted by molar-refractivity contribution is 0.497. The predicted octanol–water partition coefficient (Wildman–Crippen LogP) is 2.14. The molecule has 0 bridgehead atoms. The van der Waals surface area contributed by atoms with Crippen molar-refractivity contribution in [2.24, 2.45) is 0 Å². The SMILES string of the molecule is C[C@H]1CNCCN1c1cc(I)c(Cl)cn1. The normalized spacial score (nSPS) is 21.8. The van der Waals surface area contributed by atoms with E-state index in [4.69, 9.17) is 11.6 Å². The summed E-state index contributed by atoms with van der Waals surface area (Å²) in [6.07, 6.45) is 1.73. The summed E-state index contributed by atoms with van der Waals surface area (Å²) in [6.45, 7) is 5.24. The van der Waals surface area contributed by atoms with Crippen molar-refractivity contribution < 1.29 is 0 Å². The van der Waals surface area contributed by atoms with E-state index in [0.717, 1.165) is 34.0 Å². The fourth-order valence-corrected chi connectivity index (χ4v) is 2.26. The molecule has 0 radical (unpaired) electrons. The first-order valence-corrected chi connectivity index (χ1v) is 6.42. The Morgan fingerprint density at radius 2 is 2.47 bits per heavy atom. The van der Waals surface area contributed by atoms with E-state index in [0.29, 0.717) is 6.04 Å². The van der Waals surface area contributed by atoms with Crippen LogP contribution in [0.5, 0.6) is 0 Å². The van der Waals surface area contributed by atoms with E-state index in [2.05, 4.69) is 44.7 Å². The van der Waals surface area contributed by atoms with Gasteiger partial charge in [-0.05, 0) is 35.6 Å². The van der Waals surface area contributed by atoms with Gasteiger partial charge in [0.25, 0.3) is 0 Å². The Morgan fingerprint density at radius 1 is 1.67 bits per heavy atom. The molecule has 2 heterocycles. The molecule has 1 saturated heterocycles. The average molecular weight is 338 g/mol. The minimum absolute atomic E-state index is 0.489. The highest BCUT2D eigenvalue weighted by molar-refractivity contribution is 14.1. The third-order valence-corrected chi connectivity index (χ3v) is 4.10. The molecule has 0 unspecified atom stereocenters. The quantitative estimate of drug-likeness (QED) is 0.796. The van der Waals surface area contributed by atoms with Crippen LogP contribution in [0.25, 0.3) is 0 Å². The maximum Gasteiger partial charge on any atom is 0.129 e. The van der Waals surface area contributed by atoms with Gasteiger partial charge < -0.3 is 10.2 Å². The van der Waals surface area contributed by atoms with Crippen LogP contribution in [-0.2, 0) is 0 Å². The number of halogens is 2. The molecular weight excluding hydrogens is 324 g/mol. The highest BCUT2D eigenvalue weighted by atomic mass is 127. The van der Waals surface area contributed by atoms with E-state index >= 15 is 0 Å². The number of hydrogen-bond donors (Lipinski definition) is 1. The topological polar surface area (TPSA) is 28.2 Å². The van der Waals surface area contributed by atoms with Gasteiger partial charge in [0.1, 0.15) is 5.82 Å². The van der Waals surface area contributed by atoms with Crippen LogP contribution in [0, 0.1) is 3.57 Å². The number of nitrogens with one attached hydrogen (secondary N) is 1. The van der Waals surface area contributed by atoms with Gasteiger partial charge in [0.05, 0.1) is 5.02 Å². The second kappa shape index (κ2) is 4.84. The lowest BCUT2D eigenvalue weighted by Gasteiger charge is -2.35. The van der Waals surface area contributed by atoms with Crippen LogP contribution in [0.2, 0.25) is 5.02 Å². The molecule has 1 aliphatic heterocycles. The van der Waals surface area contributed by atoms with Crippen LogP contribution in [0.15, 0.2) is 12.3 Å². The smallest absolute Gasteiger partial charge is 0.129 e. The molecule has 0 spiro atoms. The van der Waals surface area contributed by atoms with E-state index in [1.165, 1.54) is 0 Å². The van der Waals surface area contributed by atoms with Gasteiger partial charge in [-0.1, -0.05) is 11.6 Å². The highest BCUT2D eigenvalue weighted by Crippen LogP contribution is 2.23. The molecule has 1 atom stereocenters. The van der Waals surface area contributed by atoms with Crippen LogP contribution in [0.1, 0.15) is 6.92 Å². The molecule has 3 nitrogen and oxygen atoms in total. The summed E-state index contributed by atoms with van der Waals surface area (Å²) in [7, 11) is 0. The molecule has 0 saturated carbocycles. The Kier molecular flexibility index (Phi) is 3.69. The Labute approximate surface area is 108 Å². The molecule has 1 aromatic rings. The maximum absolute atomic E-state index is 5.96. The Bertz CT molecular complexity index is 359. The first-order valence-electron chi connectivity index (χ1n) is 4.97. The number of hydrogen-bond acceptors (Lipinski definition) is 3. The summed E-state index contributed by atoms with van der Waals surface area (Å²) in [5, 5.41) is 4.09. The van der Waals surface area contributed by atoms with E-state index < -0.39 is 0 Å². The highest BCUT2D eigenvalue weighted by Gasteiger charge is 2.19. The summed E-state index contributed by atoms with van der Waals surface area (Å²) < 4.78 is 1.06. The zero-order chi connectivity index (χ0) is 10.8. The number of nitrogens with zero attached hydrogens (tertiary/aromatic N) is 2. The van der Waals surface area contributed by atoms with Gasteiger partial charge >= 0.3 is 0 Å². The predicted molar refractivity (Wildman–Crippen MR) is 71.6 cm³/mol. The van der Waals surface area contributed by atoms with Crippen molar-refractivity contribution in [3.8, 4) is 0 Å². The fourth-order valence-electron chi connectivity index (χ4n) is 1.74. The summed E-state index contributed by atoms with van der Waals surface area (Å²) in [5.74, 6) is 1.03. The lowest BCUT2D eigenvalue weighted by atomic mass is 10.2. The van der Waals surface area contributed by atoms with Crippen LogP contribution in [-0.4, -0.2) is 30.7 Å². The molecule has 0 amide bonds. The van der Waals surface area contributed by atoms with Gasteiger partial charge in [-0.3, -0.25) is 0 Å². The van der Waals surface area contributed by atoms with Gasteiger partial charge in [0.15, 0.2) is 0 Å². The third kappa shape index (κ3) is 2.54. The molecule has 1 aliphatic rings. The number of aromatic nitrogens is 1. The standard InChI is InChI=1S/C10H13ClIN3/c1-7-5-13-2-3-15(7)10-4-9(12)8(11)6-14-10/h4,6-7,13H,2-3,5H2,1H3/t7-/m0/s1. The van der Waals surface area contributed by atoms with Crippen LogP contribution in [0.3, 0.4) is 0 Å². The van der Waals surface area contributed by atoms with Crippen molar-refractivity contribution in [2.75, 3.05) is 24.5 Å². The number of piperazine rings is 1. The van der Waals surface area contributed by atoms with Crippen molar-refractivity contribution in [2.45, 2.75) is 13.0 Å². The lowest BCUT2D eigenvalue weighted by Crippen LogP contribution is -2.50. The molecule has 1 N–H and O–H groups in total. The average Bonchev–Trinajstić information content (AvgIpc) is 2.23. The van der Waals surface area contributed by atoms with Crippen LogP contribution in [0.4, 0.5) is 5.82 Å². The molecule has 1 fully saturated rings. The summed E-state index contributed by atoms with van der Waals surface area (Å²) in [6, 6.07) is 2.54. The van der Waals surface area contributed by atoms with Crippen molar-refractivity contribution in [1.82, 2.24) is 10.3 Å². The van der Waals surface area contributed by atoms with Crippen molar-refractivity contribution in [3.63, 3.8) is 0 Å². The molecule has 15 heavy (non-hydrogen) atoms. The minimum Gasteiger partial charge on any atom is -0.351 e. The molecule has 82 valence electrons. The van der Waals surface area contributed by atoms with Gasteiger partial charge in [-0.25, -0.2) is 4.98 Å². The largest absolute Gasteiger partial charge is 0.351 e. The third-order valence-electron chi connectivity index (χ3n) is 2.59. The Hall–Kier alpha value is -0.0700. The van der Waals surface area contributed by atoms with Gasteiger partial charge in [0.2, 0.25) is 0 Å². The maximum atomic E-state index is 5.96. The fraction of sp³-hybridized carbons (Fsp3) is 0.500. The first-order chi connectivity index (χ1) is 7.18. The number of anilines is 1. The van der Waals surface area contributed by atoms with E-state index in [9.17, 15) is 0 Å². The molecule has 0 aromatic carbocycles. The zero-order valence-electron chi connectivity index (χ0n) is 8.50. The summed E-state index contributed by atoms with van der Waals surface area (Å²) in [5.41, 5.74) is 0. The molecule has 0 aliphatic carbocycles. The minimum atomic E-state index is 0.489. The van der Waals surface area contributed by atoms with Crippen molar-refractivity contribution >= 4 is 40.0 Å². The van der Waals surface area contributed by atoms with Gasteiger partial charge in [0, 0.05) is 35.4 Å². The van der Waals surface area contributed by atoms with Gasteiger partial charge in [-0.15, -0.1) is 0 Å². The summed E-state index contributed by atoms with van der Waals surface area (Å²) in [4.78, 5) is 6.69. The molecular formula is C10H13ClIN3. The summed E-state index contributed by atoms with van der Waals surface area (Å²) >= 11 is 8.19. The Balaban J connectivity index is 2.24. The number of pyridine rings is 1. The second-order valence-electron chi connectivity index (χ2n) is 3.70. The van der Waals surface area contributed by atoms with Crippen molar-refractivity contribution in [1.29, 1.82) is 0 Å². The van der Waals surface area contributed by atoms with E-state index in [1.54, 1.807) is 6.20 Å². The van der Waals surface area contributed by atoms with Crippen LogP contribution >= 0.6 is 34.2 Å². The molecule has 2 rings (SSSR count). The van der Waals surface area contributed by atoms with E-state index in [-0.39, 0.29) is 0 Å². The van der Waals surface area contributed by atoms with Crippen LogP contribution < -0.4 is 10.2 Å². The Morgan fingerprint density at radius 3 is 3.13 bits per heavy atom.